The lowest BCUT2D eigenvalue weighted by Gasteiger charge is -1.96. The van der Waals surface area contributed by atoms with Crippen LogP contribution in [-0.2, 0) is 8.26 Å². The molecule has 3 N–H and O–H groups in total. The predicted molar refractivity (Wildman–Crippen MR) is 89.0 cm³/mol. The Morgan fingerprint density at radius 2 is 1.20 bits per heavy atom. The van der Waals surface area contributed by atoms with E-state index in [4.69, 9.17) is 14.3 Å². The number of nitrogens with two attached hydrogens (primary N) is 1. The maximum Gasteiger partial charge on any atom is 0.317 e. The molecule has 2 rings (SSSR count). The van der Waals surface area contributed by atoms with Gasteiger partial charge in [0.05, 0.1) is 0 Å². The third-order valence-electron chi connectivity index (χ3n) is 1.68. The van der Waals surface area contributed by atoms with E-state index in [9.17, 15) is 0 Å². The largest absolute Gasteiger partial charge is 0.324 e. The summed E-state index contributed by atoms with van der Waals surface area (Å²) >= 11 is 3.31. The lowest BCUT2D eigenvalue weighted by Crippen LogP contribution is -2.05. The van der Waals surface area contributed by atoms with Gasteiger partial charge in [0.1, 0.15) is 0 Å². The van der Waals surface area contributed by atoms with Crippen molar-refractivity contribution in [1.82, 2.24) is 0 Å². The van der Waals surface area contributed by atoms with Crippen molar-refractivity contribution in [3.63, 3.8) is 0 Å². The molecule has 0 heterocycles. The predicted octanol–water partition coefficient (Wildman–Crippen LogP) is 4.13. The van der Waals surface area contributed by atoms with E-state index in [1.54, 1.807) is 0 Å². The second kappa shape index (κ2) is 10.9. The van der Waals surface area contributed by atoms with Gasteiger partial charge in [-0.2, -0.15) is 8.42 Å². The van der Waals surface area contributed by atoms with Crippen LogP contribution >= 0.6 is 37.3 Å². The molecule has 0 aliphatic carbocycles. The lowest BCUT2D eigenvalue weighted by molar-refractivity contribution is 0.621. The SMILES string of the molecule is NNc1ccc(Br)cc1.O=S(=O)(Cl)Cl.c1ccccc1. The van der Waals surface area contributed by atoms with Gasteiger partial charge in [0.2, 0.25) is 0 Å². The first kappa shape index (κ1) is 19.2. The fourth-order valence-electron chi connectivity index (χ4n) is 0.931. The molecule has 0 radical (unpaired) electrons. The molecule has 4 nitrogen and oxygen atoms in total. The van der Waals surface area contributed by atoms with E-state index >= 15 is 0 Å². The van der Waals surface area contributed by atoms with Crippen molar-refractivity contribution >= 4 is 51.2 Å². The van der Waals surface area contributed by atoms with Gasteiger partial charge in [-0.05, 0) is 24.3 Å². The van der Waals surface area contributed by atoms with Crippen LogP contribution in [0.2, 0.25) is 0 Å². The topological polar surface area (TPSA) is 72.2 Å². The van der Waals surface area contributed by atoms with Gasteiger partial charge in [0.25, 0.3) is 0 Å². The molecule has 0 atom stereocenters. The molecular weight excluding hydrogens is 387 g/mol. The maximum absolute atomic E-state index is 9.16. The van der Waals surface area contributed by atoms with Gasteiger partial charge in [-0.3, -0.25) is 5.84 Å². The molecule has 8 heteroatoms. The highest BCUT2D eigenvalue weighted by atomic mass is 79.9. The molecule has 0 fully saturated rings. The number of rotatable bonds is 1. The van der Waals surface area contributed by atoms with Crippen LogP contribution < -0.4 is 11.3 Å². The highest BCUT2D eigenvalue weighted by Gasteiger charge is 1.88. The van der Waals surface area contributed by atoms with E-state index < -0.39 is 8.26 Å². The van der Waals surface area contributed by atoms with E-state index in [1.807, 2.05) is 60.7 Å². The van der Waals surface area contributed by atoms with Crippen molar-refractivity contribution in [3.05, 3.63) is 65.1 Å². The van der Waals surface area contributed by atoms with Gasteiger partial charge in [-0.25, -0.2) is 0 Å². The molecule has 0 aliphatic rings. The third kappa shape index (κ3) is 15.3. The molecule has 2 aromatic carbocycles. The summed E-state index contributed by atoms with van der Waals surface area (Å²) in [5.74, 6) is 5.13. The Kier molecular flexibility index (Phi) is 10.5. The first-order valence-electron chi connectivity index (χ1n) is 5.19. The zero-order valence-corrected chi connectivity index (χ0v) is 14.1. The van der Waals surface area contributed by atoms with Gasteiger partial charge in [0, 0.05) is 31.5 Å². The minimum absolute atomic E-state index is 0.915. The summed E-state index contributed by atoms with van der Waals surface area (Å²) in [6.45, 7) is 0. The molecule has 2 aromatic rings. The fraction of sp³-hybridized carbons (Fsp3) is 0. The number of anilines is 1. The molecule has 0 saturated carbocycles. The molecular formula is C12H13BrCl2N2O2S. The van der Waals surface area contributed by atoms with Crippen LogP contribution in [0, 0.1) is 0 Å². The fourth-order valence-corrected chi connectivity index (χ4v) is 1.20. The number of halogens is 3. The second-order valence-corrected chi connectivity index (χ2v) is 7.77. The van der Waals surface area contributed by atoms with Crippen molar-refractivity contribution < 1.29 is 8.42 Å². The monoisotopic (exact) mass is 398 g/mol. The number of benzene rings is 2. The first-order valence-corrected chi connectivity index (χ1v) is 9.12. The molecule has 0 spiro atoms. The van der Waals surface area contributed by atoms with Gasteiger partial charge >= 0.3 is 8.26 Å². The summed E-state index contributed by atoms with van der Waals surface area (Å²) in [4.78, 5) is 0. The van der Waals surface area contributed by atoms with Crippen molar-refractivity contribution in [2.24, 2.45) is 5.84 Å². The Labute approximate surface area is 135 Å². The van der Waals surface area contributed by atoms with Crippen molar-refractivity contribution in [2.45, 2.75) is 0 Å². The number of hydrazine groups is 1. The van der Waals surface area contributed by atoms with E-state index in [1.165, 1.54) is 0 Å². The molecule has 0 aromatic heterocycles. The quantitative estimate of drug-likeness (QED) is 0.429. The minimum atomic E-state index is -3.72. The Balaban J connectivity index is 0.000000288. The lowest BCUT2D eigenvalue weighted by atomic mass is 10.3. The summed E-state index contributed by atoms with van der Waals surface area (Å²) in [7, 11) is 4.81. The Morgan fingerprint density at radius 1 is 0.900 bits per heavy atom. The number of nitrogen functional groups attached to an aromatic ring is 1. The molecule has 20 heavy (non-hydrogen) atoms. The summed E-state index contributed by atoms with van der Waals surface area (Å²) in [6.07, 6.45) is 0. The number of hydrogen-bond donors (Lipinski definition) is 2. The normalized spacial score (nSPS) is 9.40. The highest BCUT2D eigenvalue weighted by Crippen LogP contribution is 2.12. The Morgan fingerprint density at radius 3 is 1.45 bits per heavy atom. The number of nitrogens with one attached hydrogen (secondary N) is 1. The minimum Gasteiger partial charge on any atom is -0.324 e. The molecule has 0 amide bonds. The van der Waals surface area contributed by atoms with E-state index in [-0.39, 0.29) is 0 Å². The first-order chi connectivity index (χ1) is 9.33. The van der Waals surface area contributed by atoms with Crippen molar-refractivity contribution in [1.29, 1.82) is 0 Å². The smallest absolute Gasteiger partial charge is 0.317 e. The molecule has 0 unspecified atom stereocenters. The summed E-state index contributed by atoms with van der Waals surface area (Å²) in [6, 6.07) is 19.6. The zero-order valence-electron chi connectivity index (χ0n) is 10.2. The second-order valence-electron chi connectivity index (χ2n) is 3.18. The average molecular weight is 400 g/mol. The summed E-state index contributed by atoms with van der Waals surface area (Å²) < 4.78 is 19.4. The molecule has 0 bridgehead atoms. The van der Waals surface area contributed by atoms with Crippen molar-refractivity contribution in [2.75, 3.05) is 5.43 Å². The van der Waals surface area contributed by atoms with Gasteiger partial charge in [-0.15, -0.1) is 0 Å². The van der Waals surface area contributed by atoms with Gasteiger partial charge in [-0.1, -0.05) is 52.3 Å². The van der Waals surface area contributed by atoms with Crippen LogP contribution in [0.4, 0.5) is 5.69 Å². The van der Waals surface area contributed by atoms with Crippen LogP contribution in [0.5, 0.6) is 0 Å². The van der Waals surface area contributed by atoms with Crippen LogP contribution in [0.3, 0.4) is 0 Å². The molecule has 110 valence electrons. The summed E-state index contributed by atoms with van der Waals surface area (Å²) in [5, 5.41) is 0. The van der Waals surface area contributed by atoms with E-state index in [0.29, 0.717) is 0 Å². The summed E-state index contributed by atoms with van der Waals surface area (Å²) in [5.41, 5.74) is 3.45. The molecule has 0 aliphatic heterocycles. The van der Waals surface area contributed by atoms with Crippen LogP contribution in [-0.4, -0.2) is 8.42 Å². The zero-order chi connectivity index (χ0) is 15.4. The van der Waals surface area contributed by atoms with E-state index in [2.05, 4.69) is 42.7 Å². The number of hydrogen-bond acceptors (Lipinski definition) is 4. The standard InChI is InChI=1S/C6H7BrN2.C6H6.Cl2O2S/c7-5-1-3-6(9-8)4-2-5;1-2-4-6-5-3-1;1-5(2,3)4/h1-4,9H,8H2;1-6H;. The van der Waals surface area contributed by atoms with Gasteiger partial charge < -0.3 is 5.43 Å². The molecule has 0 saturated heterocycles. The average Bonchev–Trinajstić information content (AvgIpc) is 2.40. The van der Waals surface area contributed by atoms with Crippen LogP contribution in [0.25, 0.3) is 0 Å². The van der Waals surface area contributed by atoms with Crippen LogP contribution in [0.1, 0.15) is 0 Å². The van der Waals surface area contributed by atoms with Gasteiger partial charge in [0.15, 0.2) is 0 Å². The Bertz CT molecular complexity index is 531. The van der Waals surface area contributed by atoms with E-state index in [0.717, 1.165) is 10.2 Å². The highest BCUT2D eigenvalue weighted by molar-refractivity contribution is 9.10. The maximum atomic E-state index is 9.16. The van der Waals surface area contributed by atoms with Crippen LogP contribution in [0.15, 0.2) is 65.1 Å². The Hall–Kier alpha value is -0.790. The van der Waals surface area contributed by atoms with Crippen molar-refractivity contribution in [3.8, 4) is 0 Å². The third-order valence-corrected chi connectivity index (χ3v) is 2.21.